The molecular weight excluding hydrogens is 236 g/mol. The predicted octanol–water partition coefficient (Wildman–Crippen LogP) is 1.09. The van der Waals surface area contributed by atoms with E-state index in [4.69, 9.17) is 0 Å². The Balaban J connectivity index is 1.88. The molecular formula is C12H24N2O2S. The zero-order valence-corrected chi connectivity index (χ0v) is 11.6. The van der Waals surface area contributed by atoms with Crippen molar-refractivity contribution in [1.82, 2.24) is 10.0 Å². The highest BCUT2D eigenvalue weighted by atomic mass is 32.2. The van der Waals surface area contributed by atoms with Crippen LogP contribution >= 0.6 is 0 Å². The van der Waals surface area contributed by atoms with E-state index in [9.17, 15) is 8.42 Å². The van der Waals surface area contributed by atoms with Crippen molar-refractivity contribution < 1.29 is 8.42 Å². The number of sulfonamides is 1. The Bertz CT molecular complexity index is 356. The average molecular weight is 260 g/mol. The SMILES string of the molecule is CCNCC(C)S(=O)(=O)NC1CC2CCC1C2. The fourth-order valence-corrected chi connectivity index (χ4v) is 4.45. The summed E-state index contributed by atoms with van der Waals surface area (Å²) >= 11 is 0. The summed E-state index contributed by atoms with van der Waals surface area (Å²) in [5.41, 5.74) is 0. The van der Waals surface area contributed by atoms with Gasteiger partial charge in [0.25, 0.3) is 0 Å². The lowest BCUT2D eigenvalue weighted by molar-refractivity contribution is 0.388. The quantitative estimate of drug-likeness (QED) is 0.751. The van der Waals surface area contributed by atoms with Crippen molar-refractivity contribution in [3.63, 3.8) is 0 Å². The van der Waals surface area contributed by atoms with E-state index in [2.05, 4.69) is 10.0 Å². The van der Waals surface area contributed by atoms with Gasteiger partial charge in [0.05, 0.1) is 5.25 Å². The molecule has 2 fully saturated rings. The zero-order chi connectivity index (χ0) is 12.5. The molecule has 0 aromatic carbocycles. The van der Waals surface area contributed by atoms with Gasteiger partial charge in [0.2, 0.25) is 10.0 Å². The Morgan fingerprint density at radius 1 is 1.29 bits per heavy atom. The van der Waals surface area contributed by atoms with E-state index in [1.807, 2.05) is 6.92 Å². The lowest BCUT2D eigenvalue weighted by atomic mass is 9.96. The molecule has 2 aliphatic rings. The molecule has 0 aromatic heterocycles. The van der Waals surface area contributed by atoms with Crippen LogP contribution in [-0.4, -0.2) is 32.8 Å². The first-order valence-electron chi connectivity index (χ1n) is 6.74. The van der Waals surface area contributed by atoms with Gasteiger partial charge in [-0.2, -0.15) is 0 Å². The topological polar surface area (TPSA) is 58.2 Å². The number of fused-ring (bicyclic) bond motifs is 2. The second-order valence-electron chi connectivity index (χ2n) is 5.56. The number of nitrogens with one attached hydrogen (secondary N) is 2. The Morgan fingerprint density at radius 3 is 2.59 bits per heavy atom. The van der Waals surface area contributed by atoms with Gasteiger partial charge in [-0.15, -0.1) is 0 Å². The first-order valence-corrected chi connectivity index (χ1v) is 8.29. The molecule has 0 saturated heterocycles. The Kier molecular flexibility index (Phi) is 4.10. The van der Waals surface area contributed by atoms with Crippen LogP contribution < -0.4 is 10.0 Å². The first-order chi connectivity index (χ1) is 8.03. The van der Waals surface area contributed by atoms with Gasteiger partial charge in [0, 0.05) is 12.6 Å². The molecule has 0 radical (unpaired) electrons. The normalized spacial score (nSPS) is 34.1. The zero-order valence-electron chi connectivity index (χ0n) is 10.8. The van der Waals surface area contributed by atoms with Crippen LogP contribution in [0.3, 0.4) is 0 Å². The summed E-state index contributed by atoms with van der Waals surface area (Å²) in [7, 11) is -3.15. The Labute approximate surface area is 105 Å². The van der Waals surface area contributed by atoms with Gasteiger partial charge in [-0.25, -0.2) is 13.1 Å². The molecule has 0 amide bonds. The summed E-state index contributed by atoms with van der Waals surface area (Å²) in [5, 5.41) is 2.75. The molecule has 2 N–H and O–H groups in total. The van der Waals surface area contributed by atoms with Crippen LogP contribution in [0.4, 0.5) is 0 Å². The smallest absolute Gasteiger partial charge is 0.215 e. The van der Waals surface area contributed by atoms with Gasteiger partial charge in [-0.3, -0.25) is 0 Å². The second-order valence-corrected chi connectivity index (χ2v) is 7.69. The van der Waals surface area contributed by atoms with Gasteiger partial charge >= 0.3 is 0 Å². The van der Waals surface area contributed by atoms with Gasteiger partial charge < -0.3 is 5.32 Å². The van der Waals surface area contributed by atoms with Crippen LogP contribution in [0.25, 0.3) is 0 Å². The van der Waals surface area contributed by atoms with Crippen LogP contribution in [0, 0.1) is 11.8 Å². The van der Waals surface area contributed by atoms with E-state index in [-0.39, 0.29) is 11.3 Å². The summed E-state index contributed by atoms with van der Waals surface area (Å²) in [5.74, 6) is 1.37. The molecule has 4 nitrogen and oxygen atoms in total. The van der Waals surface area contributed by atoms with Crippen molar-refractivity contribution in [1.29, 1.82) is 0 Å². The van der Waals surface area contributed by atoms with E-state index >= 15 is 0 Å². The lowest BCUT2D eigenvalue weighted by Gasteiger charge is -2.24. The van der Waals surface area contributed by atoms with Crippen LogP contribution in [0.2, 0.25) is 0 Å². The predicted molar refractivity (Wildman–Crippen MR) is 69.3 cm³/mol. The van der Waals surface area contributed by atoms with Crippen molar-refractivity contribution >= 4 is 10.0 Å². The van der Waals surface area contributed by atoms with Crippen molar-refractivity contribution in [2.75, 3.05) is 13.1 Å². The van der Waals surface area contributed by atoms with Gasteiger partial charge in [0.1, 0.15) is 0 Å². The standard InChI is InChI=1S/C12H24N2O2S/c1-3-13-8-9(2)17(15,16)14-12-7-10-4-5-11(12)6-10/h9-14H,3-8H2,1-2H3. The third-order valence-corrected chi connectivity index (χ3v) is 6.12. The highest BCUT2D eigenvalue weighted by Gasteiger charge is 2.41. The van der Waals surface area contributed by atoms with Crippen LogP contribution in [0.1, 0.15) is 39.5 Å². The molecule has 100 valence electrons. The minimum atomic E-state index is -3.15. The molecule has 0 spiro atoms. The van der Waals surface area contributed by atoms with Crippen molar-refractivity contribution in [3.8, 4) is 0 Å². The lowest BCUT2D eigenvalue weighted by Crippen LogP contribution is -2.45. The van der Waals surface area contributed by atoms with E-state index in [0.29, 0.717) is 12.5 Å². The van der Waals surface area contributed by atoms with Crippen LogP contribution in [-0.2, 0) is 10.0 Å². The average Bonchev–Trinajstić information content (AvgIpc) is 2.86. The molecule has 2 bridgehead atoms. The molecule has 0 heterocycles. The summed E-state index contributed by atoms with van der Waals surface area (Å²) in [6.07, 6.45) is 4.79. The van der Waals surface area contributed by atoms with Crippen molar-refractivity contribution in [2.24, 2.45) is 11.8 Å². The molecule has 17 heavy (non-hydrogen) atoms. The third-order valence-electron chi connectivity index (χ3n) is 4.27. The third kappa shape index (κ3) is 3.01. The number of hydrogen-bond acceptors (Lipinski definition) is 3. The monoisotopic (exact) mass is 260 g/mol. The maximum absolute atomic E-state index is 12.1. The molecule has 0 aromatic rings. The minimum absolute atomic E-state index is 0.211. The van der Waals surface area contributed by atoms with Crippen LogP contribution in [0.5, 0.6) is 0 Å². The van der Waals surface area contributed by atoms with Gasteiger partial charge in [-0.1, -0.05) is 13.3 Å². The van der Waals surface area contributed by atoms with Crippen LogP contribution in [0.15, 0.2) is 0 Å². The molecule has 0 aliphatic heterocycles. The number of hydrogen-bond donors (Lipinski definition) is 2. The van der Waals surface area contributed by atoms with E-state index in [0.717, 1.165) is 18.9 Å². The summed E-state index contributed by atoms with van der Waals surface area (Å²) in [6.45, 7) is 5.11. The molecule has 2 saturated carbocycles. The second kappa shape index (κ2) is 5.24. The minimum Gasteiger partial charge on any atom is -0.316 e. The maximum Gasteiger partial charge on any atom is 0.215 e. The Hall–Kier alpha value is -0.130. The van der Waals surface area contributed by atoms with Gasteiger partial charge in [-0.05, 0) is 44.6 Å². The largest absolute Gasteiger partial charge is 0.316 e. The highest BCUT2D eigenvalue weighted by Crippen LogP contribution is 2.44. The van der Waals surface area contributed by atoms with Crippen molar-refractivity contribution in [2.45, 2.75) is 50.8 Å². The Morgan fingerprint density at radius 2 is 2.06 bits per heavy atom. The molecule has 2 rings (SSSR count). The van der Waals surface area contributed by atoms with E-state index in [1.54, 1.807) is 6.92 Å². The maximum atomic E-state index is 12.1. The van der Waals surface area contributed by atoms with E-state index < -0.39 is 10.0 Å². The summed E-state index contributed by atoms with van der Waals surface area (Å²) in [6, 6.07) is 0.211. The molecule has 4 unspecified atom stereocenters. The first kappa shape index (κ1) is 13.3. The summed E-state index contributed by atoms with van der Waals surface area (Å²) in [4.78, 5) is 0. The van der Waals surface area contributed by atoms with E-state index in [1.165, 1.54) is 19.3 Å². The van der Waals surface area contributed by atoms with Gasteiger partial charge in [0.15, 0.2) is 0 Å². The fraction of sp³-hybridized carbons (Fsp3) is 1.00. The fourth-order valence-electron chi connectivity index (χ4n) is 3.17. The molecule has 2 aliphatic carbocycles. The highest BCUT2D eigenvalue weighted by molar-refractivity contribution is 7.90. The number of rotatable bonds is 6. The molecule has 5 heteroatoms. The molecule has 4 atom stereocenters. The van der Waals surface area contributed by atoms with Crippen molar-refractivity contribution in [3.05, 3.63) is 0 Å². The summed E-state index contributed by atoms with van der Waals surface area (Å²) < 4.78 is 27.2.